The molecule has 0 unspecified atom stereocenters. The number of nitrogens with zero attached hydrogens (tertiary/aromatic N) is 2. The van der Waals surface area contributed by atoms with Crippen molar-refractivity contribution in [3.63, 3.8) is 0 Å². The van der Waals surface area contributed by atoms with Gasteiger partial charge in [0.2, 0.25) is 0 Å². The maximum Gasteiger partial charge on any atom is 0.256 e. The van der Waals surface area contributed by atoms with Gasteiger partial charge < -0.3 is 19.2 Å². The average Bonchev–Trinajstić information content (AvgIpc) is 3.37. The second-order valence-electron chi connectivity index (χ2n) is 7.39. The van der Waals surface area contributed by atoms with Crippen molar-refractivity contribution in [1.29, 1.82) is 0 Å². The van der Waals surface area contributed by atoms with Crippen LogP contribution in [0.4, 0.5) is 5.82 Å². The molecular formula is C22H21N3O3. The first-order chi connectivity index (χ1) is 13.5. The number of aliphatic hydroxyl groups excluding tert-OH is 1. The Hall–Kier alpha value is -3.38. The predicted molar refractivity (Wildman–Crippen MR) is 107 cm³/mol. The van der Waals surface area contributed by atoms with Crippen LogP contribution in [-0.4, -0.2) is 27.0 Å². The van der Waals surface area contributed by atoms with Crippen molar-refractivity contribution in [3.8, 4) is 11.1 Å². The average molecular weight is 375 g/mol. The van der Waals surface area contributed by atoms with Gasteiger partial charge in [0.05, 0.1) is 25.3 Å². The van der Waals surface area contributed by atoms with E-state index in [-0.39, 0.29) is 17.9 Å². The van der Waals surface area contributed by atoms with Crippen molar-refractivity contribution >= 4 is 17.4 Å². The van der Waals surface area contributed by atoms with Gasteiger partial charge in [0, 0.05) is 28.3 Å². The van der Waals surface area contributed by atoms with Crippen LogP contribution in [0.3, 0.4) is 0 Å². The fourth-order valence-corrected chi connectivity index (χ4v) is 3.00. The first kappa shape index (κ1) is 18.0. The summed E-state index contributed by atoms with van der Waals surface area (Å²) in [6.45, 7) is 3.95. The highest BCUT2D eigenvalue weighted by Crippen LogP contribution is 2.24. The van der Waals surface area contributed by atoms with Crippen LogP contribution in [0.2, 0.25) is 0 Å². The fraction of sp³-hybridized carbons (Fsp3) is 0.182. The second-order valence-corrected chi connectivity index (χ2v) is 7.39. The van der Waals surface area contributed by atoms with E-state index in [0.717, 1.165) is 22.3 Å². The van der Waals surface area contributed by atoms with Gasteiger partial charge in [-0.2, -0.15) is 0 Å². The molecule has 0 aliphatic carbocycles. The zero-order valence-electron chi connectivity index (χ0n) is 15.7. The third-order valence-corrected chi connectivity index (χ3v) is 4.87. The van der Waals surface area contributed by atoms with Gasteiger partial charge in [0.1, 0.15) is 5.65 Å². The molecule has 3 aromatic heterocycles. The number of imidazole rings is 1. The molecule has 0 aliphatic heterocycles. The molecule has 0 saturated heterocycles. The number of carbonyl (C=O) groups excluding carboxylic acids is 1. The number of hydrogen-bond acceptors (Lipinski definition) is 4. The monoisotopic (exact) mass is 375 g/mol. The van der Waals surface area contributed by atoms with E-state index in [1.807, 2.05) is 54.8 Å². The summed E-state index contributed by atoms with van der Waals surface area (Å²) < 4.78 is 6.99. The molecule has 28 heavy (non-hydrogen) atoms. The summed E-state index contributed by atoms with van der Waals surface area (Å²) in [4.78, 5) is 17.0. The van der Waals surface area contributed by atoms with Crippen molar-refractivity contribution in [2.24, 2.45) is 0 Å². The standard InChI is InChI=1S/C22H21N3O3/c1-22(2,14-26)18-6-3-15(4-7-18)21(27)24-19-12-25-11-16(5-8-20(25)23-19)17-9-10-28-13-17/h3-13,26H,14H2,1-2H3,(H,24,27). The summed E-state index contributed by atoms with van der Waals surface area (Å²) in [6, 6.07) is 13.0. The highest BCUT2D eigenvalue weighted by Gasteiger charge is 2.19. The van der Waals surface area contributed by atoms with E-state index in [2.05, 4.69) is 10.3 Å². The summed E-state index contributed by atoms with van der Waals surface area (Å²) in [6.07, 6.45) is 7.03. The number of fused-ring (bicyclic) bond motifs is 1. The molecule has 2 N–H and O–H groups in total. The summed E-state index contributed by atoms with van der Waals surface area (Å²) in [7, 11) is 0. The van der Waals surface area contributed by atoms with Crippen LogP contribution in [-0.2, 0) is 5.41 Å². The normalized spacial score (nSPS) is 11.7. The van der Waals surface area contributed by atoms with Crippen molar-refractivity contribution in [2.45, 2.75) is 19.3 Å². The number of nitrogens with one attached hydrogen (secondary N) is 1. The number of rotatable bonds is 5. The Morgan fingerprint density at radius 2 is 1.89 bits per heavy atom. The smallest absolute Gasteiger partial charge is 0.256 e. The Labute approximate surface area is 162 Å². The van der Waals surface area contributed by atoms with E-state index in [1.165, 1.54) is 0 Å². The maximum absolute atomic E-state index is 12.6. The lowest BCUT2D eigenvalue weighted by Crippen LogP contribution is -2.22. The lowest BCUT2D eigenvalue weighted by Gasteiger charge is -2.22. The Balaban J connectivity index is 1.53. The van der Waals surface area contributed by atoms with Crippen molar-refractivity contribution in [3.05, 3.63) is 78.5 Å². The second kappa shape index (κ2) is 6.98. The van der Waals surface area contributed by atoms with Gasteiger partial charge >= 0.3 is 0 Å². The number of hydrogen-bond donors (Lipinski definition) is 2. The zero-order valence-corrected chi connectivity index (χ0v) is 15.7. The SMILES string of the molecule is CC(C)(CO)c1ccc(C(=O)Nc2cn3cc(-c4ccoc4)ccc3n2)cc1. The van der Waals surface area contributed by atoms with E-state index in [4.69, 9.17) is 4.42 Å². The van der Waals surface area contributed by atoms with Crippen molar-refractivity contribution < 1.29 is 14.3 Å². The quantitative estimate of drug-likeness (QED) is 0.550. The Morgan fingerprint density at radius 1 is 1.11 bits per heavy atom. The van der Waals surface area contributed by atoms with Crippen LogP contribution >= 0.6 is 0 Å². The van der Waals surface area contributed by atoms with Crippen LogP contribution < -0.4 is 5.32 Å². The van der Waals surface area contributed by atoms with Crippen molar-refractivity contribution in [1.82, 2.24) is 9.38 Å². The maximum atomic E-state index is 12.6. The topological polar surface area (TPSA) is 79.8 Å². The number of anilines is 1. The molecule has 3 heterocycles. The Bertz CT molecular complexity index is 1110. The minimum absolute atomic E-state index is 0.0423. The summed E-state index contributed by atoms with van der Waals surface area (Å²) in [5, 5.41) is 12.3. The molecule has 0 spiro atoms. The predicted octanol–water partition coefficient (Wildman–Crippen LogP) is 4.12. The molecule has 0 aliphatic rings. The van der Waals surface area contributed by atoms with Gasteiger partial charge in [-0.05, 0) is 35.9 Å². The molecule has 0 radical (unpaired) electrons. The number of carbonyl (C=O) groups is 1. The molecule has 0 saturated carbocycles. The van der Waals surface area contributed by atoms with Gasteiger partial charge in [-0.1, -0.05) is 26.0 Å². The van der Waals surface area contributed by atoms with Gasteiger partial charge in [0.15, 0.2) is 5.82 Å². The number of benzene rings is 1. The van der Waals surface area contributed by atoms with E-state index >= 15 is 0 Å². The number of aromatic nitrogens is 2. The van der Waals surface area contributed by atoms with Crippen LogP contribution in [0, 0.1) is 0 Å². The number of pyridine rings is 1. The summed E-state index contributed by atoms with van der Waals surface area (Å²) in [5.41, 5.74) is 3.89. The fourth-order valence-electron chi connectivity index (χ4n) is 3.00. The molecule has 4 aromatic rings. The molecule has 142 valence electrons. The van der Waals surface area contributed by atoms with Crippen LogP contribution in [0.5, 0.6) is 0 Å². The largest absolute Gasteiger partial charge is 0.472 e. The Kier molecular flexibility index (Phi) is 4.49. The van der Waals surface area contributed by atoms with Gasteiger partial charge in [-0.3, -0.25) is 4.79 Å². The minimum atomic E-state index is -0.344. The summed E-state index contributed by atoms with van der Waals surface area (Å²) >= 11 is 0. The molecule has 1 aromatic carbocycles. The van der Waals surface area contributed by atoms with Gasteiger partial charge in [0.25, 0.3) is 5.91 Å². The van der Waals surface area contributed by atoms with E-state index < -0.39 is 0 Å². The van der Waals surface area contributed by atoms with Crippen LogP contribution in [0.1, 0.15) is 29.8 Å². The van der Waals surface area contributed by atoms with E-state index in [9.17, 15) is 9.90 Å². The first-order valence-electron chi connectivity index (χ1n) is 9.00. The highest BCUT2D eigenvalue weighted by molar-refractivity contribution is 6.03. The summed E-state index contributed by atoms with van der Waals surface area (Å²) in [5.74, 6) is 0.251. The molecule has 6 nitrogen and oxygen atoms in total. The molecule has 0 bridgehead atoms. The molecule has 0 fully saturated rings. The highest BCUT2D eigenvalue weighted by atomic mass is 16.3. The molecular weight excluding hydrogens is 354 g/mol. The van der Waals surface area contributed by atoms with Gasteiger partial charge in [-0.25, -0.2) is 4.98 Å². The van der Waals surface area contributed by atoms with E-state index in [0.29, 0.717) is 11.4 Å². The van der Waals surface area contributed by atoms with E-state index in [1.54, 1.807) is 30.9 Å². The first-order valence-corrected chi connectivity index (χ1v) is 9.00. The van der Waals surface area contributed by atoms with Crippen molar-refractivity contribution in [2.75, 3.05) is 11.9 Å². The lowest BCUT2D eigenvalue weighted by atomic mass is 9.85. The van der Waals surface area contributed by atoms with Crippen LogP contribution in [0.15, 0.2) is 71.8 Å². The molecule has 1 amide bonds. The number of furan rings is 1. The molecule has 4 rings (SSSR count). The number of amides is 1. The molecule has 0 atom stereocenters. The minimum Gasteiger partial charge on any atom is -0.472 e. The molecule has 6 heteroatoms. The Morgan fingerprint density at radius 3 is 2.57 bits per heavy atom. The third-order valence-electron chi connectivity index (χ3n) is 4.87. The lowest BCUT2D eigenvalue weighted by molar-refractivity contribution is 0.102. The zero-order chi connectivity index (χ0) is 19.7. The number of aliphatic hydroxyl groups is 1. The van der Waals surface area contributed by atoms with Crippen LogP contribution in [0.25, 0.3) is 16.8 Å². The van der Waals surface area contributed by atoms with Gasteiger partial charge in [-0.15, -0.1) is 0 Å². The third kappa shape index (κ3) is 3.42.